The van der Waals surface area contributed by atoms with Gasteiger partial charge < -0.3 is 10.1 Å². The third kappa shape index (κ3) is 3.26. The molecule has 1 N–H and O–H groups in total. The van der Waals surface area contributed by atoms with Gasteiger partial charge in [-0.25, -0.2) is 18.0 Å². The third-order valence-corrected chi connectivity index (χ3v) is 3.08. The molecule has 0 radical (unpaired) electrons. The molecule has 1 aromatic carbocycles. The molecule has 1 aliphatic rings. The standard InChI is InChI=1S/C13H14F3NO2/c1-19-13(18)12(17-6-7-2-3-7)8-4-9(14)11(16)10(15)5-8/h4-5,7,12,17H,2-3,6H2,1H3. The fraction of sp³-hybridized carbons (Fsp3) is 0.462. The second kappa shape index (κ2) is 5.61. The highest BCUT2D eigenvalue weighted by Gasteiger charge is 2.28. The average Bonchev–Trinajstić information content (AvgIpc) is 3.19. The number of hydrogen-bond acceptors (Lipinski definition) is 3. The van der Waals surface area contributed by atoms with Crippen LogP contribution in [-0.4, -0.2) is 19.6 Å². The van der Waals surface area contributed by atoms with Crippen LogP contribution in [0.4, 0.5) is 13.2 Å². The van der Waals surface area contributed by atoms with Crippen LogP contribution in [0.2, 0.25) is 0 Å². The van der Waals surface area contributed by atoms with Gasteiger partial charge in [-0.1, -0.05) is 0 Å². The molecule has 1 aromatic rings. The molecule has 2 rings (SSSR count). The van der Waals surface area contributed by atoms with Crippen LogP contribution < -0.4 is 5.32 Å². The van der Waals surface area contributed by atoms with Crippen molar-refractivity contribution in [3.8, 4) is 0 Å². The molecule has 1 fully saturated rings. The van der Waals surface area contributed by atoms with E-state index in [4.69, 9.17) is 0 Å². The lowest BCUT2D eigenvalue weighted by atomic mass is 10.1. The largest absolute Gasteiger partial charge is 0.468 e. The molecule has 0 amide bonds. The molecule has 0 bridgehead atoms. The van der Waals surface area contributed by atoms with Gasteiger partial charge in [0.15, 0.2) is 17.5 Å². The van der Waals surface area contributed by atoms with E-state index in [0.29, 0.717) is 12.5 Å². The zero-order valence-electron chi connectivity index (χ0n) is 10.4. The Morgan fingerprint density at radius 2 is 1.95 bits per heavy atom. The molecule has 1 aliphatic carbocycles. The summed E-state index contributed by atoms with van der Waals surface area (Å²) in [5.41, 5.74) is 0.0175. The number of ether oxygens (including phenoxy) is 1. The maximum absolute atomic E-state index is 13.2. The van der Waals surface area contributed by atoms with Gasteiger partial charge in [-0.2, -0.15) is 0 Å². The minimum absolute atomic E-state index is 0.0175. The number of esters is 1. The van der Waals surface area contributed by atoms with Crippen molar-refractivity contribution >= 4 is 5.97 Å². The van der Waals surface area contributed by atoms with Crippen molar-refractivity contribution in [1.82, 2.24) is 5.32 Å². The third-order valence-electron chi connectivity index (χ3n) is 3.08. The number of nitrogens with one attached hydrogen (secondary N) is 1. The Labute approximate surface area is 108 Å². The first kappa shape index (κ1) is 13.9. The molecule has 0 aromatic heterocycles. The summed E-state index contributed by atoms with van der Waals surface area (Å²) in [7, 11) is 1.18. The van der Waals surface area contributed by atoms with E-state index >= 15 is 0 Å². The fourth-order valence-electron chi connectivity index (χ4n) is 1.80. The van der Waals surface area contributed by atoms with Crippen LogP contribution in [0.15, 0.2) is 12.1 Å². The topological polar surface area (TPSA) is 38.3 Å². The Morgan fingerprint density at radius 3 is 2.42 bits per heavy atom. The zero-order valence-corrected chi connectivity index (χ0v) is 10.4. The Hall–Kier alpha value is -1.56. The van der Waals surface area contributed by atoms with Crippen LogP contribution in [0.1, 0.15) is 24.4 Å². The van der Waals surface area contributed by atoms with Gasteiger partial charge in [-0.05, 0) is 43.0 Å². The SMILES string of the molecule is COC(=O)C(NCC1CC1)c1cc(F)c(F)c(F)c1. The molecule has 104 valence electrons. The van der Waals surface area contributed by atoms with Crippen molar-refractivity contribution in [2.75, 3.05) is 13.7 Å². The van der Waals surface area contributed by atoms with Gasteiger partial charge in [0.05, 0.1) is 7.11 Å². The summed E-state index contributed by atoms with van der Waals surface area (Å²) in [5.74, 6) is -4.38. The summed E-state index contributed by atoms with van der Waals surface area (Å²) in [6, 6.07) is 0.620. The molecule has 1 unspecified atom stereocenters. The Balaban J connectivity index is 2.22. The van der Waals surface area contributed by atoms with Gasteiger partial charge in [-0.3, -0.25) is 0 Å². The van der Waals surface area contributed by atoms with Gasteiger partial charge in [0.2, 0.25) is 0 Å². The quantitative estimate of drug-likeness (QED) is 0.661. The van der Waals surface area contributed by atoms with Crippen molar-refractivity contribution in [2.24, 2.45) is 5.92 Å². The Kier molecular flexibility index (Phi) is 4.09. The van der Waals surface area contributed by atoms with E-state index in [1.165, 1.54) is 7.11 Å². The predicted octanol–water partition coefficient (Wildman–Crippen LogP) is 2.32. The van der Waals surface area contributed by atoms with Crippen LogP contribution in [0, 0.1) is 23.4 Å². The molecule has 6 heteroatoms. The van der Waals surface area contributed by atoms with E-state index in [-0.39, 0.29) is 5.56 Å². The lowest BCUT2D eigenvalue weighted by Crippen LogP contribution is -2.31. The number of rotatable bonds is 5. The molecule has 3 nitrogen and oxygen atoms in total. The molecule has 1 saturated carbocycles. The monoisotopic (exact) mass is 273 g/mol. The van der Waals surface area contributed by atoms with E-state index in [0.717, 1.165) is 25.0 Å². The highest BCUT2D eigenvalue weighted by Crippen LogP contribution is 2.29. The number of carbonyl (C=O) groups is 1. The first-order chi connectivity index (χ1) is 9.02. The van der Waals surface area contributed by atoms with Crippen LogP contribution in [0.25, 0.3) is 0 Å². The molecule has 0 aliphatic heterocycles. The van der Waals surface area contributed by atoms with Crippen LogP contribution in [0.5, 0.6) is 0 Å². The summed E-state index contributed by atoms with van der Waals surface area (Å²) in [5, 5.41) is 2.89. The highest BCUT2D eigenvalue weighted by molar-refractivity contribution is 5.77. The van der Waals surface area contributed by atoms with Gasteiger partial charge >= 0.3 is 5.97 Å². The summed E-state index contributed by atoms with van der Waals surface area (Å²) in [6.07, 6.45) is 2.13. The lowest BCUT2D eigenvalue weighted by Gasteiger charge is -2.17. The first-order valence-electron chi connectivity index (χ1n) is 5.98. The van der Waals surface area contributed by atoms with Gasteiger partial charge in [-0.15, -0.1) is 0 Å². The summed E-state index contributed by atoms with van der Waals surface area (Å²) < 4.78 is 43.9. The lowest BCUT2D eigenvalue weighted by molar-refractivity contribution is -0.143. The summed E-state index contributed by atoms with van der Waals surface area (Å²) in [6.45, 7) is 0.556. The smallest absolute Gasteiger partial charge is 0.327 e. The molecule has 1 atom stereocenters. The normalized spacial score (nSPS) is 16.2. The fourth-order valence-corrected chi connectivity index (χ4v) is 1.80. The van der Waals surface area contributed by atoms with Gasteiger partial charge in [0.25, 0.3) is 0 Å². The average molecular weight is 273 g/mol. The van der Waals surface area contributed by atoms with E-state index in [1.54, 1.807) is 0 Å². The molecular weight excluding hydrogens is 259 g/mol. The van der Waals surface area contributed by atoms with Gasteiger partial charge in [0, 0.05) is 0 Å². The van der Waals surface area contributed by atoms with Crippen molar-refractivity contribution < 1.29 is 22.7 Å². The molecular formula is C13H14F3NO2. The maximum Gasteiger partial charge on any atom is 0.327 e. The minimum atomic E-state index is -1.55. The molecule has 0 spiro atoms. The van der Waals surface area contributed by atoms with E-state index in [9.17, 15) is 18.0 Å². The number of hydrogen-bond donors (Lipinski definition) is 1. The maximum atomic E-state index is 13.2. The minimum Gasteiger partial charge on any atom is -0.468 e. The Bertz CT molecular complexity index is 466. The number of carbonyl (C=O) groups excluding carboxylic acids is 1. The van der Waals surface area contributed by atoms with E-state index in [2.05, 4.69) is 10.1 Å². The van der Waals surface area contributed by atoms with Crippen LogP contribution in [0.3, 0.4) is 0 Å². The van der Waals surface area contributed by atoms with Crippen molar-refractivity contribution in [1.29, 1.82) is 0 Å². The number of methoxy groups -OCH3 is 1. The van der Waals surface area contributed by atoms with E-state index < -0.39 is 29.5 Å². The summed E-state index contributed by atoms with van der Waals surface area (Å²) in [4.78, 5) is 11.6. The second-order valence-corrected chi connectivity index (χ2v) is 4.61. The van der Waals surface area contributed by atoms with Crippen molar-refractivity contribution in [3.63, 3.8) is 0 Å². The predicted molar refractivity (Wildman–Crippen MR) is 61.8 cm³/mol. The van der Waals surface area contributed by atoms with Crippen LogP contribution >= 0.6 is 0 Å². The second-order valence-electron chi connectivity index (χ2n) is 4.61. The first-order valence-corrected chi connectivity index (χ1v) is 5.98. The number of halogens is 3. The Morgan fingerprint density at radius 1 is 1.37 bits per heavy atom. The zero-order chi connectivity index (χ0) is 14.0. The van der Waals surface area contributed by atoms with Crippen LogP contribution in [-0.2, 0) is 9.53 Å². The van der Waals surface area contributed by atoms with Crippen molar-refractivity contribution in [2.45, 2.75) is 18.9 Å². The molecule has 0 heterocycles. The van der Waals surface area contributed by atoms with E-state index in [1.807, 2.05) is 0 Å². The van der Waals surface area contributed by atoms with Gasteiger partial charge in [0.1, 0.15) is 6.04 Å². The molecule has 19 heavy (non-hydrogen) atoms. The highest BCUT2D eigenvalue weighted by atomic mass is 19.2. The molecule has 0 saturated heterocycles. The number of benzene rings is 1. The summed E-state index contributed by atoms with van der Waals surface area (Å²) >= 11 is 0. The van der Waals surface area contributed by atoms with Crippen molar-refractivity contribution in [3.05, 3.63) is 35.1 Å².